The summed E-state index contributed by atoms with van der Waals surface area (Å²) in [4.78, 5) is 11.6. The zero-order valence-electron chi connectivity index (χ0n) is 12.3. The van der Waals surface area contributed by atoms with Gasteiger partial charge in [-0.1, -0.05) is 19.1 Å². The van der Waals surface area contributed by atoms with Crippen molar-refractivity contribution in [2.24, 2.45) is 5.73 Å². The zero-order valence-corrected chi connectivity index (χ0v) is 13.1. The highest BCUT2D eigenvalue weighted by Crippen LogP contribution is 2.30. The summed E-state index contributed by atoms with van der Waals surface area (Å²) >= 11 is 0. The summed E-state index contributed by atoms with van der Waals surface area (Å²) in [6, 6.07) is 4.39. The van der Waals surface area contributed by atoms with Crippen molar-refractivity contribution < 1.29 is 26.7 Å². The Morgan fingerprint density at radius 3 is 2.13 bits per heavy atom. The molecule has 0 heterocycles. The van der Waals surface area contributed by atoms with Crippen molar-refractivity contribution in [2.75, 3.05) is 13.1 Å². The van der Waals surface area contributed by atoms with E-state index < -0.39 is 42.6 Å². The molecule has 0 bridgehead atoms. The number of amides is 1. The third-order valence-corrected chi connectivity index (χ3v) is 3.14. The monoisotopic (exact) mass is 360 g/mol. The standard InChI is InChI=1S/C14H17F5N2O.ClH/c1-9(6-12(22)21-8-13(15,16)7-20)10-2-4-11(5-3-10)14(17,18)19;/h2-5,9H,6-8,20H2,1H3,(H,21,22);1H. The fourth-order valence-electron chi connectivity index (χ4n) is 1.77. The van der Waals surface area contributed by atoms with Crippen LogP contribution in [0.15, 0.2) is 24.3 Å². The third kappa shape index (κ3) is 7.13. The van der Waals surface area contributed by atoms with Gasteiger partial charge in [0, 0.05) is 6.42 Å². The van der Waals surface area contributed by atoms with Gasteiger partial charge < -0.3 is 11.1 Å². The molecule has 0 aliphatic carbocycles. The van der Waals surface area contributed by atoms with Crippen molar-refractivity contribution in [1.82, 2.24) is 5.32 Å². The molecule has 1 aromatic carbocycles. The largest absolute Gasteiger partial charge is 0.416 e. The number of halogens is 6. The third-order valence-electron chi connectivity index (χ3n) is 3.14. The van der Waals surface area contributed by atoms with Crippen LogP contribution < -0.4 is 11.1 Å². The Morgan fingerprint density at radius 2 is 1.70 bits per heavy atom. The summed E-state index contributed by atoms with van der Waals surface area (Å²) in [5, 5.41) is 2.06. The number of carbonyl (C=O) groups excluding carboxylic acids is 1. The first-order chi connectivity index (χ1) is 10.0. The molecule has 0 aliphatic rings. The van der Waals surface area contributed by atoms with Crippen LogP contribution in [0.5, 0.6) is 0 Å². The van der Waals surface area contributed by atoms with Crippen molar-refractivity contribution in [3.05, 3.63) is 35.4 Å². The zero-order chi connectivity index (χ0) is 17.0. The maximum absolute atomic E-state index is 12.9. The molecule has 0 fully saturated rings. The Labute approximate surface area is 136 Å². The maximum atomic E-state index is 12.9. The van der Waals surface area contributed by atoms with Gasteiger partial charge in [-0.05, 0) is 23.6 Å². The Balaban J connectivity index is 0.00000484. The minimum Gasteiger partial charge on any atom is -0.350 e. The molecule has 0 saturated heterocycles. The highest BCUT2D eigenvalue weighted by Gasteiger charge is 2.30. The Bertz CT molecular complexity index is 505. The number of carbonyl (C=O) groups is 1. The van der Waals surface area contributed by atoms with Crippen LogP contribution in [0.25, 0.3) is 0 Å². The lowest BCUT2D eigenvalue weighted by molar-refractivity contribution is -0.137. The molecule has 1 atom stereocenters. The van der Waals surface area contributed by atoms with E-state index >= 15 is 0 Å². The van der Waals surface area contributed by atoms with Crippen molar-refractivity contribution in [3.63, 3.8) is 0 Å². The SMILES string of the molecule is CC(CC(=O)NCC(F)(F)CN)c1ccc(C(F)(F)F)cc1.Cl. The van der Waals surface area contributed by atoms with E-state index in [-0.39, 0.29) is 18.8 Å². The predicted octanol–water partition coefficient (Wildman–Crippen LogP) is 3.33. The van der Waals surface area contributed by atoms with E-state index in [1.54, 1.807) is 6.92 Å². The minimum absolute atomic E-state index is 0. The van der Waals surface area contributed by atoms with Crippen LogP contribution in [0.4, 0.5) is 22.0 Å². The summed E-state index contributed by atoms with van der Waals surface area (Å²) in [7, 11) is 0. The number of rotatable bonds is 6. The van der Waals surface area contributed by atoms with Gasteiger partial charge in [0.05, 0.1) is 18.7 Å². The van der Waals surface area contributed by atoms with Crippen LogP contribution in [0.3, 0.4) is 0 Å². The Hall–Kier alpha value is -1.41. The van der Waals surface area contributed by atoms with E-state index in [9.17, 15) is 26.7 Å². The summed E-state index contributed by atoms with van der Waals surface area (Å²) in [5.41, 5.74) is 4.58. The lowest BCUT2D eigenvalue weighted by Crippen LogP contribution is -2.41. The predicted molar refractivity (Wildman–Crippen MR) is 78.7 cm³/mol. The number of alkyl halides is 5. The van der Waals surface area contributed by atoms with Crippen LogP contribution in [-0.4, -0.2) is 24.9 Å². The highest BCUT2D eigenvalue weighted by atomic mass is 35.5. The lowest BCUT2D eigenvalue weighted by atomic mass is 9.96. The van der Waals surface area contributed by atoms with Gasteiger partial charge in [-0.2, -0.15) is 13.2 Å². The van der Waals surface area contributed by atoms with Crippen molar-refractivity contribution in [3.8, 4) is 0 Å². The van der Waals surface area contributed by atoms with Gasteiger partial charge in [-0.15, -0.1) is 12.4 Å². The molecule has 9 heteroatoms. The molecule has 1 rings (SSSR count). The molecule has 3 N–H and O–H groups in total. The van der Waals surface area contributed by atoms with E-state index in [0.29, 0.717) is 5.56 Å². The number of hydrogen-bond donors (Lipinski definition) is 2. The molecule has 1 unspecified atom stereocenters. The molecule has 0 aliphatic heterocycles. The van der Waals surface area contributed by atoms with Crippen molar-refractivity contribution in [1.29, 1.82) is 0 Å². The molecule has 132 valence electrons. The van der Waals surface area contributed by atoms with E-state index in [2.05, 4.69) is 5.32 Å². The van der Waals surface area contributed by atoms with Crippen LogP contribution in [-0.2, 0) is 11.0 Å². The molecular weight excluding hydrogens is 343 g/mol. The normalized spacial score (nSPS) is 13.2. The number of nitrogens with one attached hydrogen (secondary N) is 1. The van der Waals surface area contributed by atoms with Gasteiger partial charge in [0.2, 0.25) is 5.91 Å². The average Bonchev–Trinajstić information content (AvgIpc) is 2.44. The maximum Gasteiger partial charge on any atom is 0.416 e. The van der Waals surface area contributed by atoms with E-state index in [0.717, 1.165) is 12.1 Å². The van der Waals surface area contributed by atoms with Crippen LogP contribution in [0, 0.1) is 0 Å². The summed E-state index contributed by atoms with van der Waals surface area (Å²) < 4.78 is 63.1. The van der Waals surface area contributed by atoms with Gasteiger partial charge in [0.1, 0.15) is 0 Å². The first-order valence-corrected chi connectivity index (χ1v) is 6.57. The van der Waals surface area contributed by atoms with E-state index in [4.69, 9.17) is 5.73 Å². The number of nitrogens with two attached hydrogens (primary N) is 1. The molecule has 3 nitrogen and oxygen atoms in total. The lowest BCUT2D eigenvalue weighted by Gasteiger charge is -2.16. The first-order valence-electron chi connectivity index (χ1n) is 6.57. The molecule has 0 aromatic heterocycles. The second kappa shape index (κ2) is 8.44. The Kier molecular flexibility index (Phi) is 7.93. The average molecular weight is 361 g/mol. The second-order valence-electron chi connectivity index (χ2n) is 5.06. The molecular formula is C14H18ClF5N2O. The molecule has 1 aromatic rings. The van der Waals surface area contributed by atoms with Gasteiger partial charge in [-0.3, -0.25) is 4.79 Å². The van der Waals surface area contributed by atoms with E-state index in [1.807, 2.05) is 0 Å². The van der Waals surface area contributed by atoms with Gasteiger partial charge in [0.15, 0.2) is 0 Å². The fourth-order valence-corrected chi connectivity index (χ4v) is 1.77. The molecule has 1 amide bonds. The second-order valence-corrected chi connectivity index (χ2v) is 5.06. The quantitative estimate of drug-likeness (QED) is 0.765. The van der Waals surface area contributed by atoms with Crippen LogP contribution in [0.1, 0.15) is 30.4 Å². The van der Waals surface area contributed by atoms with Crippen molar-refractivity contribution in [2.45, 2.75) is 31.4 Å². The molecule has 0 saturated carbocycles. The molecule has 23 heavy (non-hydrogen) atoms. The Morgan fingerprint density at radius 1 is 1.17 bits per heavy atom. The summed E-state index contributed by atoms with van der Waals surface area (Å²) in [6.07, 6.45) is -4.53. The number of hydrogen-bond acceptors (Lipinski definition) is 2. The highest BCUT2D eigenvalue weighted by molar-refractivity contribution is 5.85. The fraction of sp³-hybridized carbons (Fsp3) is 0.500. The van der Waals surface area contributed by atoms with Gasteiger partial charge in [-0.25, -0.2) is 8.78 Å². The van der Waals surface area contributed by atoms with Crippen LogP contribution >= 0.6 is 12.4 Å². The minimum atomic E-state index is -4.42. The summed E-state index contributed by atoms with van der Waals surface area (Å²) in [6.45, 7) is -0.104. The number of benzene rings is 1. The first kappa shape index (κ1) is 21.6. The van der Waals surface area contributed by atoms with Gasteiger partial charge >= 0.3 is 6.18 Å². The smallest absolute Gasteiger partial charge is 0.350 e. The topological polar surface area (TPSA) is 55.1 Å². The van der Waals surface area contributed by atoms with E-state index in [1.165, 1.54) is 12.1 Å². The van der Waals surface area contributed by atoms with Crippen molar-refractivity contribution >= 4 is 18.3 Å². The van der Waals surface area contributed by atoms with Gasteiger partial charge in [0.25, 0.3) is 5.92 Å². The molecule has 0 spiro atoms. The molecule has 0 radical (unpaired) electrons. The summed E-state index contributed by atoms with van der Waals surface area (Å²) in [5.74, 6) is -4.18. The van der Waals surface area contributed by atoms with Crippen LogP contribution in [0.2, 0.25) is 0 Å².